The van der Waals surface area contributed by atoms with Gasteiger partial charge in [-0.3, -0.25) is 4.79 Å². The zero-order chi connectivity index (χ0) is 15.9. The number of rotatable bonds is 2. The molecule has 0 bridgehead atoms. The number of phenols is 2. The summed E-state index contributed by atoms with van der Waals surface area (Å²) in [6.45, 7) is 0. The van der Waals surface area contributed by atoms with Crippen LogP contribution < -0.4 is 10.2 Å². The first-order chi connectivity index (χ1) is 10.5. The van der Waals surface area contributed by atoms with Crippen LogP contribution >= 0.6 is 0 Å². The quantitative estimate of drug-likeness (QED) is 0.672. The lowest BCUT2D eigenvalue weighted by molar-refractivity contribution is 0.365. The van der Waals surface area contributed by atoms with Crippen molar-refractivity contribution < 1.29 is 24.5 Å². The van der Waals surface area contributed by atoms with Crippen LogP contribution in [0.1, 0.15) is 0 Å². The summed E-state index contributed by atoms with van der Waals surface area (Å²) in [7, 11) is 1.29. The van der Waals surface area contributed by atoms with Crippen molar-refractivity contribution in [2.45, 2.75) is 0 Å². The van der Waals surface area contributed by atoms with Gasteiger partial charge in [-0.05, 0) is 0 Å². The van der Waals surface area contributed by atoms with E-state index >= 15 is 0 Å². The molecule has 0 saturated heterocycles. The summed E-state index contributed by atoms with van der Waals surface area (Å²) < 4.78 is 10.6. The van der Waals surface area contributed by atoms with E-state index in [0.29, 0.717) is 5.56 Å². The number of fused-ring (bicyclic) bond motifs is 1. The molecule has 0 aliphatic rings. The second kappa shape index (κ2) is 5.00. The molecule has 0 amide bonds. The van der Waals surface area contributed by atoms with Crippen molar-refractivity contribution in [1.29, 1.82) is 0 Å². The van der Waals surface area contributed by atoms with Crippen LogP contribution in [0.2, 0.25) is 0 Å². The average Bonchev–Trinajstić information content (AvgIpc) is 2.51. The molecule has 3 aromatic rings. The number of phenolic OH excluding ortho intramolecular Hbond substituents is 2. The number of aromatic hydroxyl groups is 3. The van der Waals surface area contributed by atoms with Gasteiger partial charge in [0.05, 0.1) is 7.11 Å². The van der Waals surface area contributed by atoms with Gasteiger partial charge in [-0.25, -0.2) is 0 Å². The van der Waals surface area contributed by atoms with Crippen molar-refractivity contribution in [3.8, 4) is 34.3 Å². The average molecular weight is 300 g/mol. The third-order valence-corrected chi connectivity index (χ3v) is 3.30. The van der Waals surface area contributed by atoms with Crippen LogP contribution in [-0.4, -0.2) is 22.4 Å². The monoisotopic (exact) mass is 300 g/mol. The van der Waals surface area contributed by atoms with Crippen molar-refractivity contribution in [2.24, 2.45) is 0 Å². The van der Waals surface area contributed by atoms with E-state index in [0.717, 1.165) is 6.07 Å². The molecule has 22 heavy (non-hydrogen) atoms. The second-order valence-corrected chi connectivity index (χ2v) is 4.63. The number of methoxy groups -OCH3 is 1. The lowest BCUT2D eigenvalue weighted by Crippen LogP contribution is -2.04. The Labute approximate surface area is 124 Å². The van der Waals surface area contributed by atoms with Gasteiger partial charge in [0.15, 0.2) is 17.1 Å². The van der Waals surface area contributed by atoms with Crippen molar-refractivity contribution in [3.63, 3.8) is 0 Å². The van der Waals surface area contributed by atoms with Crippen molar-refractivity contribution in [3.05, 3.63) is 46.6 Å². The summed E-state index contributed by atoms with van der Waals surface area (Å²) in [4.78, 5) is 12.3. The Balaban J connectivity index is 2.48. The minimum atomic E-state index is -0.809. The van der Waals surface area contributed by atoms with Crippen LogP contribution in [0, 0.1) is 0 Å². The van der Waals surface area contributed by atoms with E-state index < -0.39 is 16.9 Å². The van der Waals surface area contributed by atoms with Gasteiger partial charge in [-0.15, -0.1) is 0 Å². The molecule has 0 aliphatic carbocycles. The van der Waals surface area contributed by atoms with Crippen molar-refractivity contribution >= 4 is 11.0 Å². The Morgan fingerprint density at radius 2 is 1.73 bits per heavy atom. The van der Waals surface area contributed by atoms with Gasteiger partial charge >= 0.3 is 0 Å². The van der Waals surface area contributed by atoms with Gasteiger partial charge in [0.25, 0.3) is 0 Å². The Kier molecular flexibility index (Phi) is 3.14. The van der Waals surface area contributed by atoms with Crippen LogP contribution in [0.3, 0.4) is 0 Å². The van der Waals surface area contributed by atoms with Gasteiger partial charge in [0.2, 0.25) is 16.9 Å². The molecule has 6 heteroatoms. The number of hydrogen-bond donors (Lipinski definition) is 3. The lowest BCUT2D eigenvalue weighted by atomic mass is 10.1. The normalized spacial score (nSPS) is 10.8. The first-order valence-corrected chi connectivity index (χ1v) is 6.38. The number of benzene rings is 2. The van der Waals surface area contributed by atoms with Crippen LogP contribution in [0.15, 0.2) is 45.6 Å². The zero-order valence-electron chi connectivity index (χ0n) is 11.5. The van der Waals surface area contributed by atoms with Gasteiger partial charge in [-0.2, -0.15) is 0 Å². The topological polar surface area (TPSA) is 100 Å². The SMILES string of the molecule is COc1c(O)cc(O)c2c(=O)c(O)c(-c3ccccc3)oc12. The molecule has 0 unspecified atom stereocenters. The lowest BCUT2D eigenvalue weighted by Gasteiger charge is -2.11. The first kappa shape index (κ1) is 13.8. The van der Waals surface area contributed by atoms with Crippen LogP contribution in [-0.2, 0) is 0 Å². The van der Waals surface area contributed by atoms with E-state index in [4.69, 9.17) is 9.15 Å². The fraction of sp³-hybridized carbons (Fsp3) is 0.0625. The Bertz CT molecular complexity index is 912. The van der Waals surface area contributed by atoms with E-state index in [-0.39, 0.29) is 28.2 Å². The Hall–Kier alpha value is -3.15. The van der Waals surface area contributed by atoms with E-state index in [2.05, 4.69) is 0 Å². The molecule has 0 saturated carbocycles. The van der Waals surface area contributed by atoms with Gasteiger partial charge in [-0.1, -0.05) is 30.3 Å². The predicted molar refractivity (Wildman–Crippen MR) is 79.5 cm³/mol. The Morgan fingerprint density at radius 3 is 2.36 bits per heavy atom. The molecule has 1 aromatic heterocycles. The summed E-state index contributed by atoms with van der Waals surface area (Å²) in [5.41, 5.74) is -0.471. The molecule has 0 radical (unpaired) electrons. The molecule has 3 rings (SSSR count). The van der Waals surface area contributed by atoms with Crippen LogP contribution in [0.25, 0.3) is 22.3 Å². The Morgan fingerprint density at radius 1 is 1.05 bits per heavy atom. The minimum absolute atomic E-state index is 0.0681. The predicted octanol–water partition coefficient (Wildman–Crippen LogP) is 2.59. The molecule has 112 valence electrons. The largest absolute Gasteiger partial charge is 0.507 e. The highest BCUT2D eigenvalue weighted by molar-refractivity contribution is 5.93. The molecule has 0 spiro atoms. The maximum absolute atomic E-state index is 12.3. The summed E-state index contributed by atoms with van der Waals surface area (Å²) in [5.74, 6) is -1.66. The van der Waals surface area contributed by atoms with Gasteiger partial charge in [0.1, 0.15) is 11.1 Å². The van der Waals surface area contributed by atoms with Gasteiger partial charge in [0, 0.05) is 11.6 Å². The molecule has 0 aliphatic heterocycles. The summed E-state index contributed by atoms with van der Waals surface area (Å²) >= 11 is 0. The summed E-state index contributed by atoms with van der Waals surface area (Å²) in [5, 5.41) is 29.5. The molecule has 0 atom stereocenters. The highest BCUT2D eigenvalue weighted by atomic mass is 16.5. The molecule has 1 heterocycles. The number of hydrogen-bond acceptors (Lipinski definition) is 6. The smallest absolute Gasteiger partial charge is 0.238 e. The maximum atomic E-state index is 12.3. The van der Waals surface area contributed by atoms with Crippen molar-refractivity contribution in [1.82, 2.24) is 0 Å². The fourth-order valence-electron chi connectivity index (χ4n) is 2.28. The minimum Gasteiger partial charge on any atom is -0.507 e. The van der Waals surface area contributed by atoms with E-state index in [1.54, 1.807) is 30.3 Å². The molecule has 6 nitrogen and oxygen atoms in total. The zero-order valence-corrected chi connectivity index (χ0v) is 11.5. The van der Waals surface area contributed by atoms with Crippen LogP contribution in [0.5, 0.6) is 23.0 Å². The first-order valence-electron chi connectivity index (χ1n) is 6.38. The van der Waals surface area contributed by atoms with Crippen molar-refractivity contribution in [2.75, 3.05) is 7.11 Å². The molecule has 3 N–H and O–H groups in total. The molecule has 2 aromatic carbocycles. The highest BCUT2D eigenvalue weighted by Gasteiger charge is 2.22. The standard InChI is InChI=1S/C16H12O6/c1-21-15-10(18)7-9(17)11-12(19)13(20)14(22-16(11)15)8-5-3-2-4-6-8/h2-7,17-18,20H,1H3. The van der Waals surface area contributed by atoms with E-state index in [9.17, 15) is 20.1 Å². The molecular weight excluding hydrogens is 288 g/mol. The second-order valence-electron chi connectivity index (χ2n) is 4.63. The van der Waals surface area contributed by atoms with E-state index in [1.165, 1.54) is 7.11 Å². The molecular formula is C16H12O6. The summed E-state index contributed by atoms with van der Waals surface area (Å²) in [6.07, 6.45) is 0. The van der Waals surface area contributed by atoms with Crippen LogP contribution in [0.4, 0.5) is 0 Å². The fourth-order valence-corrected chi connectivity index (χ4v) is 2.28. The highest BCUT2D eigenvalue weighted by Crippen LogP contribution is 2.42. The van der Waals surface area contributed by atoms with E-state index in [1.807, 2.05) is 0 Å². The maximum Gasteiger partial charge on any atom is 0.238 e. The third-order valence-electron chi connectivity index (χ3n) is 3.30. The molecule has 0 fully saturated rings. The third kappa shape index (κ3) is 1.93. The number of ether oxygens (including phenoxy) is 1. The summed E-state index contributed by atoms with van der Waals surface area (Å²) in [6, 6.07) is 9.47. The van der Waals surface area contributed by atoms with Gasteiger partial charge < -0.3 is 24.5 Å².